The summed E-state index contributed by atoms with van der Waals surface area (Å²) in [6.07, 6.45) is 0. The second kappa shape index (κ2) is 9.44. The highest BCUT2D eigenvalue weighted by atomic mass is 16.3. The van der Waals surface area contributed by atoms with Crippen molar-refractivity contribution in [1.29, 1.82) is 0 Å². The second-order valence-corrected chi connectivity index (χ2v) is 11.3. The van der Waals surface area contributed by atoms with Gasteiger partial charge in [-0.25, -0.2) is 0 Å². The van der Waals surface area contributed by atoms with Gasteiger partial charge in [-0.3, -0.25) is 0 Å². The first kappa shape index (κ1) is 24.0. The molecule has 1 heterocycles. The number of rotatable bonds is 3. The van der Waals surface area contributed by atoms with Crippen LogP contribution in [0.15, 0.2) is 162 Å². The van der Waals surface area contributed by atoms with Gasteiger partial charge in [0.1, 0.15) is 11.2 Å². The molecule has 0 fully saturated rings. The summed E-state index contributed by atoms with van der Waals surface area (Å²) in [5.74, 6) is 0. The van der Waals surface area contributed by atoms with Gasteiger partial charge in [0.25, 0.3) is 0 Å². The van der Waals surface area contributed by atoms with E-state index < -0.39 is 0 Å². The Balaban J connectivity index is 1.31. The molecular formula is C42H26O. The highest BCUT2D eigenvalue weighted by molar-refractivity contribution is 6.22. The Bertz CT molecular complexity index is 2440. The fraction of sp³-hybridized carbons (Fsp3) is 0. The molecule has 43 heavy (non-hydrogen) atoms. The van der Waals surface area contributed by atoms with E-state index in [4.69, 9.17) is 4.42 Å². The van der Waals surface area contributed by atoms with Crippen molar-refractivity contribution in [2.75, 3.05) is 0 Å². The van der Waals surface area contributed by atoms with E-state index >= 15 is 0 Å². The summed E-state index contributed by atoms with van der Waals surface area (Å²) in [6, 6.07) is 56.8. The molecule has 0 amide bonds. The van der Waals surface area contributed by atoms with Crippen LogP contribution in [0.4, 0.5) is 0 Å². The van der Waals surface area contributed by atoms with Gasteiger partial charge >= 0.3 is 0 Å². The number of hydrogen-bond donors (Lipinski definition) is 0. The van der Waals surface area contributed by atoms with E-state index in [0.29, 0.717) is 0 Å². The van der Waals surface area contributed by atoms with E-state index in [0.717, 1.165) is 27.5 Å². The smallest absolute Gasteiger partial charge is 0.136 e. The maximum Gasteiger partial charge on any atom is 0.136 e. The average Bonchev–Trinajstić information content (AvgIpc) is 3.43. The molecule has 0 spiro atoms. The first-order valence-corrected chi connectivity index (χ1v) is 14.8. The van der Waals surface area contributed by atoms with Crippen molar-refractivity contribution in [1.82, 2.24) is 0 Å². The van der Waals surface area contributed by atoms with Crippen molar-refractivity contribution in [2.45, 2.75) is 0 Å². The summed E-state index contributed by atoms with van der Waals surface area (Å²) in [5.41, 5.74) is 9.17. The molecular weight excluding hydrogens is 520 g/mol. The van der Waals surface area contributed by atoms with Crippen LogP contribution in [-0.2, 0) is 0 Å². The lowest BCUT2D eigenvalue weighted by Crippen LogP contribution is -1.91. The zero-order valence-corrected chi connectivity index (χ0v) is 23.4. The van der Waals surface area contributed by atoms with Crippen molar-refractivity contribution >= 4 is 54.3 Å². The van der Waals surface area contributed by atoms with Crippen LogP contribution < -0.4 is 0 Å². The molecule has 1 aromatic heterocycles. The normalized spacial score (nSPS) is 11.7. The fourth-order valence-electron chi connectivity index (χ4n) is 6.85. The zero-order chi connectivity index (χ0) is 28.3. The lowest BCUT2D eigenvalue weighted by molar-refractivity contribution is 0.669. The Labute approximate surface area is 249 Å². The predicted octanol–water partition coefficient (Wildman–Crippen LogP) is 12.0. The molecule has 0 unspecified atom stereocenters. The van der Waals surface area contributed by atoms with Crippen LogP contribution in [0.3, 0.4) is 0 Å². The van der Waals surface area contributed by atoms with Crippen LogP contribution in [0.1, 0.15) is 0 Å². The molecule has 0 saturated carbocycles. The van der Waals surface area contributed by atoms with E-state index in [-0.39, 0.29) is 0 Å². The van der Waals surface area contributed by atoms with E-state index in [2.05, 4.69) is 158 Å². The summed E-state index contributed by atoms with van der Waals surface area (Å²) >= 11 is 0. The van der Waals surface area contributed by atoms with Crippen LogP contribution in [0.25, 0.3) is 87.6 Å². The van der Waals surface area contributed by atoms with Crippen molar-refractivity contribution in [3.8, 4) is 33.4 Å². The number of furan rings is 1. The third-order valence-electron chi connectivity index (χ3n) is 8.82. The molecule has 0 atom stereocenters. The molecule has 1 nitrogen and oxygen atoms in total. The highest BCUT2D eigenvalue weighted by Crippen LogP contribution is 2.45. The molecule has 8 aromatic carbocycles. The third-order valence-corrected chi connectivity index (χ3v) is 8.82. The lowest BCUT2D eigenvalue weighted by Gasteiger charge is -2.18. The minimum absolute atomic E-state index is 0.913. The van der Waals surface area contributed by atoms with Gasteiger partial charge in [0.15, 0.2) is 0 Å². The Kier molecular flexibility index (Phi) is 5.27. The average molecular weight is 547 g/mol. The SMILES string of the molecule is c1ccc(-c2cccc(-c3c4ccccc4c(-c4ccc5c(c4)oc4cc6ccccc6cc45)c4ccccc34)c2)cc1. The summed E-state index contributed by atoms with van der Waals surface area (Å²) in [7, 11) is 0. The molecule has 0 saturated heterocycles. The molecule has 0 radical (unpaired) electrons. The number of fused-ring (bicyclic) bond motifs is 6. The molecule has 9 aromatic rings. The van der Waals surface area contributed by atoms with Gasteiger partial charge in [-0.2, -0.15) is 0 Å². The fourth-order valence-corrected chi connectivity index (χ4v) is 6.85. The van der Waals surface area contributed by atoms with Gasteiger partial charge in [-0.15, -0.1) is 0 Å². The van der Waals surface area contributed by atoms with Crippen LogP contribution in [-0.4, -0.2) is 0 Å². The quantitative estimate of drug-likeness (QED) is 0.201. The molecule has 200 valence electrons. The number of hydrogen-bond acceptors (Lipinski definition) is 1. The van der Waals surface area contributed by atoms with Gasteiger partial charge in [0, 0.05) is 10.8 Å². The van der Waals surface area contributed by atoms with Crippen LogP contribution in [0.5, 0.6) is 0 Å². The van der Waals surface area contributed by atoms with Gasteiger partial charge in [0.05, 0.1) is 0 Å². The largest absolute Gasteiger partial charge is 0.456 e. The van der Waals surface area contributed by atoms with E-state index in [1.807, 2.05) is 0 Å². The van der Waals surface area contributed by atoms with Crippen molar-refractivity contribution in [3.05, 3.63) is 158 Å². The molecule has 9 rings (SSSR count). The maximum absolute atomic E-state index is 6.50. The Morgan fingerprint density at radius 3 is 1.47 bits per heavy atom. The first-order valence-electron chi connectivity index (χ1n) is 14.8. The molecule has 0 aliphatic heterocycles. The highest BCUT2D eigenvalue weighted by Gasteiger charge is 2.18. The molecule has 0 aliphatic carbocycles. The number of benzene rings is 8. The van der Waals surface area contributed by atoms with Crippen molar-refractivity contribution < 1.29 is 4.42 Å². The molecule has 0 bridgehead atoms. The molecule has 0 N–H and O–H groups in total. The van der Waals surface area contributed by atoms with Crippen molar-refractivity contribution in [2.24, 2.45) is 0 Å². The third kappa shape index (κ3) is 3.79. The second-order valence-electron chi connectivity index (χ2n) is 11.3. The van der Waals surface area contributed by atoms with Crippen LogP contribution in [0.2, 0.25) is 0 Å². The van der Waals surface area contributed by atoms with Gasteiger partial charge in [0.2, 0.25) is 0 Å². The first-order chi connectivity index (χ1) is 21.3. The van der Waals surface area contributed by atoms with E-state index in [1.54, 1.807) is 0 Å². The Morgan fingerprint density at radius 2 is 0.791 bits per heavy atom. The molecule has 0 aliphatic rings. The summed E-state index contributed by atoms with van der Waals surface area (Å²) < 4.78 is 6.50. The summed E-state index contributed by atoms with van der Waals surface area (Å²) in [5, 5.41) is 9.69. The minimum Gasteiger partial charge on any atom is -0.456 e. The summed E-state index contributed by atoms with van der Waals surface area (Å²) in [4.78, 5) is 0. The van der Waals surface area contributed by atoms with Gasteiger partial charge < -0.3 is 4.42 Å². The maximum atomic E-state index is 6.50. The lowest BCUT2D eigenvalue weighted by atomic mass is 9.85. The Morgan fingerprint density at radius 1 is 0.279 bits per heavy atom. The van der Waals surface area contributed by atoms with Gasteiger partial charge in [-0.1, -0.05) is 127 Å². The standard InChI is InChI=1S/C42H26O/c1-2-11-27(12-3-1)28-15-10-16-31(23-28)41-34-17-6-8-19-36(34)42(37-20-9-7-18-35(37)41)32-21-22-33-38-24-29-13-4-5-14-30(29)25-40(38)43-39(33)26-32/h1-26H. The Hall–Kier alpha value is -5.66. The van der Waals surface area contributed by atoms with E-state index in [1.165, 1.54) is 60.1 Å². The molecule has 1 heteroatoms. The zero-order valence-electron chi connectivity index (χ0n) is 23.4. The monoisotopic (exact) mass is 546 g/mol. The van der Waals surface area contributed by atoms with Crippen LogP contribution in [0, 0.1) is 0 Å². The topological polar surface area (TPSA) is 13.1 Å². The predicted molar refractivity (Wildman–Crippen MR) is 183 cm³/mol. The minimum atomic E-state index is 0.913. The van der Waals surface area contributed by atoms with Crippen LogP contribution >= 0.6 is 0 Å². The summed E-state index contributed by atoms with van der Waals surface area (Å²) in [6.45, 7) is 0. The van der Waals surface area contributed by atoms with E-state index in [9.17, 15) is 0 Å². The van der Waals surface area contributed by atoms with Gasteiger partial charge in [-0.05, 0) is 96.0 Å². The van der Waals surface area contributed by atoms with Crippen molar-refractivity contribution in [3.63, 3.8) is 0 Å².